The van der Waals surface area contributed by atoms with Crippen molar-refractivity contribution in [2.45, 2.75) is 32.4 Å². The van der Waals surface area contributed by atoms with E-state index in [-0.39, 0.29) is 29.6 Å². The third-order valence-electron chi connectivity index (χ3n) is 5.17. The summed E-state index contributed by atoms with van der Waals surface area (Å²) < 4.78 is 13.0. The van der Waals surface area contributed by atoms with Crippen LogP contribution in [0.3, 0.4) is 0 Å². The monoisotopic (exact) mass is 383 g/mol. The average molecular weight is 383 g/mol. The fraction of sp³-hybridized carbons (Fsp3) is 0.364. The molecular formula is C22H26FN3O2. The molecule has 28 heavy (non-hydrogen) atoms. The first-order valence-corrected chi connectivity index (χ1v) is 9.65. The minimum absolute atomic E-state index is 0.00480. The number of piperidine rings is 1. The van der Waals surface area contributed by atoms with Gasteiger partial charge in [0.05, 0.1) is 12.0 Å². The first kappa shape index (κ1) is 20.0. The molecule has 2 N–H and O–H groups in total. The number of nitrogens with one attached hydrogen (secondary N) is 2. The standard InChI is InChI=1S/C22H26FN3O2/c1-16(21(27)24-14-17-9-11-19(23)12-10-17)26-13-5-6-18(15-26)22(28)25-20-7-3-2-4-8-20/h2-4,7-12,16,18H,5-6,13-15H2,1H3,(H,24,27)(H,25,28)/t16-,18-/m0/s1. The minimum Gasteiger partial charge on any atom is -0.351 e. The summed E-state index contributed by atoms with van der Waals surface area (Å²) in [5.41, 5.74) is 1.63. The maximum atomic E-state index is 13.0. The topological polar surface area (TPSA) is 61.4 Å². The van der Waals surface area contributed by atoms with Crippen LogP contribution in [0.15, 0.2) is 54.6 Å². The Morgan fingerprint density at radius 3 is 2.57 bits per heavy atom. The number of carbonyl (C=O) groups excluding carboxylic acids is 2. The van der Waals surface area contributed by atoms with Crippen LogP contribution < -0.4 is 10.6 Å². The Bertz CT molecular complexity index is 795. The van der Waals surface area contributed by atoms with Gasteiger partial charge in [-0.1, -0.05) is 30.3 Å². The fourth-order valence-corrected chi connectivity index (χ4v) is 3.44. The van der Waals surface area contributed by atoms with Crippen LogP contribution in [0.1, 0.15) is 25.3 Å². The molecule has 0 aliphatic carbocycles. The summed E-state index contributed by atoms with van der Waals surface area (Å²) in [6, 6.07) is 15.2. The molecule has 2 atom stereocenters. The number of nitrogens with zero attached hydrogens (tertiary/aromatic N) is 1. The number of benzene rings is 2. The molecule has 148 valence electrons. The molecule has 0 spiro atoms. The third kappa shape index (κ3) is 5.39. The highest BCUT2D eigenvalue weighted by atomic mass is 19.1. The van der Waals surface area contributed by atoms with Gasteiger partial charge in [-0.25, -0.2) is 4.39 Å². The van der Waals surface area contributed by atoms with Crippen LogP contribution in [0.2, 0.25) is 0 Å². The SMILES string of the molecule is C[C@@H](C(=O)NCc1ccc(F)cc1)N1CCC[C@H](C(=O)Nc2ccccc2)C1. The number of para-hydroxylation sites is 1. The molecule has 0 unspecified atom stereocenters. The summed E-state index contributed by atoms with van der Waals surface area (Å²) >= 11 is 0. The van der Waals surface area contributed by atoms with Crippen LogP contribution >= 0.6 is 0 Å². The van der Waals surface area contributed by atoms with E-state index in [9.17, 15) is 14.0 Å². The van der Waals surface area contributed by atoms with Gasteiger partial charge in [-0.05, 0) is 56.1 Å². The molecule has 0 radical (unpaired) electrons. The fourth-order valence-electron chi connectivity index (χ4n) is 3.44. The van der Waals surface area contributed by atoms with Crippen molar-refractivity contribution < 1.29 is 14.0 Å². The maximum Gasteiger partial charge on any atom is 0.237 e. The van der Waals surface area contributed by atoms with Gasteiger partial charge in [-0.3, -0.25) is 14.5 Å². The van der Waals surface area contributed by atoms with Crippen molar-refractivity contribution in [2.24, 2.45) is 5.92 Å². The highest BCUT2D eigenvalue weighted by molar-refractivity contribution is 5.92. The van der Waals surface area contributed by atoms with Gasteiger partial charge in [0.1, 0.15) is 5.82 Å². The van der Waals surface area contributed by atoms with Crippen LogP contribution in [-0.4, -0.2) is 35.8 Å². The van der Waals surface area contributed by atoms with Gasteiger partial charge < -0.3 is 10.6 Å². The number of anilines is 1. The van der Waals surface area contributed by atoms with Crippen LogP contribution in [0, 0.1) is 11.7 Å². The highest BCUT2D eigenvalue weighted by Gasteiger charge is 2.30. The first-order valence-electron chi connectivity index (χ1n) is 9.65. The van der Waals surface area contributed by atoms with E-state index in [0.717, 1.165) is 30.6 Å². The second-order valence-corrected chi connectivity index (χ2v) is 7.21. The summed E-state index contributed by atoms with van der Waals surface area (Å²) in [4.78, 5) is 27.2. The second-order valence-electron chi connectivity index (χ2n) is 7.21. The van der Waals surface area contributed by atoms with E-state index < -0.39 is 0 Å². The number of halogens is 1. The number of carbonyl (C=O) groups is 2. The quantitative estimate of drug-likeness (QED) is 0.805. The zero-order valence-electron chi connectivity index (χ0n) is 16.0. The molecule has 0 bridgehead atoms. The number of rotatable bonds is 6. The molecule has 2 aromatic rings. The molecule has 2 aromatic carbocycles. The number of hydrogen-bond donors (Lipinski definition) is 2. The van der Waals surface area contributed by atoms with Crippen molar-refractivity contribution in [1.29, 1.82) is 0 Å². The second kappa shape index (κ2) is 9.46. The van der Waals surface area contributed by atoms with E-state index >= 15 is 0 Å². The summed E-state index contributed by atoms with van der Waals surface area (Å²) in [6.07, 6.45) is 1.70. The van der Waals surface area contributed by atoms with Crippen LogP contribution in [-0.2, 0) is 16.1 Å². The normalized spacial score (nSPS) is 18.3. The number of likely N-dealkylation sites (tertiary alicyclic amines) is 1. The van der Waals surface area contributed by atoms with E-state index in [4.69, 9.17) is 0 Å². The Kier molecular flexibility index (Phi) is 6.76. The smallest absolute Gasteiger partial charge is 0.237 e. The Balaban J connectivity index is 1.51. The Hall–Kier alpha value is -2.73. The molecule has 0 saturated carbocycles. The molecule has 2 amide bonds. The van der Waals surface area contributed by atoms with Crippen molar-refractivity contribution in [1.82, 2.24) is 10.2 Å². The molecule has 1 saturated heterocycles. The Morgan fingerprint density at radius 2 is 1.86 bits per heavy atom. The molecule has 6 heteroatoms. The predicted octanol–water partition coefficient (Wildman–Crippen LogP) is 3.18. The average Bonchev–Trinajstić information content (AvgIpc) is 2.73. The van der Waals surface area contributed by atoms with Crippen LogP contribution in [0.4, 0.5) is 10.1 Å². The molecule has 1 aliphatic rings. The Labute approximate surface area is 164 Å². The van der Waals surface area contributed by atoms with Gasteiger partial charge in [-0.2, -0.15) is 0 Å². The largest absolute Gasteiger partial charge is 0.351 e. The van der Waals surface area contributed by atoms with Crippen LogP contribution in [0.25, 0.3) is 0 Å². The number of hydrogen-bond acceptors (Lipinski definition) is 3. The van der Waals surface area contributed by atoms with E-state index in [1.165, 1.54) is 12.1 Å². The lowest BCUT2D eigenvalue weighted by Gasteiger charge is -2.35. The van der Waals surface area contributed by atoms with Crippen LogP contribution in [0.5, 0.6) is 0 Å². The van der Waals surface area contributed by atoms with Gasteiger partial charge >= 0.3 is 0 Å². The lowest BCUT2D eigenvalue weighted by atomic mass is 9.95. The zero-order valence-corrected chi connectivity index (χ0v) is 16.0. The van der Waals surface area contributed by atoms with Crippen molar-refractivity contribution in [3.8, 4) is 0 Å². The van der Waals surface area contributed by atoms with Gasteiger partial charge in [-0.15, -0.1) is 0 Å². The van der Waals surface area contributed by atoms with Crippen molar-refractivity contribution in [3.63, 3.8) is 0 Å². The maximum absolute atomic E-state index is 13.0. The number of amides is 2. The summed E-state index contributed by atoms with van der Waals surface area (Å²) in [7, 11) is 0. The van der Waals surface area contributed by atoms with E-state index in [0.29, 0.717) is 13.1 Å². The van der Waals surface area contributed by atoms with Gasteiger partial charge in [0.25, 0.3) is 0 Å². The lowest BCUT2D eigenvalue weighted by Crippen LogP contribution is -2.50. The first-order chi connectivity index (χ1) is 13.5. The summed E-state index contributed by atoms with van der Waals surface area (Å²) in [5, 5.41) is 5.85. The highest BCUT2D eigenvalue weighted by Crippen LogP contribution is 2.20. The van der Waals surface area contributed by atoms with Gasteiger partial charge in [0, 0.05) is 18.8 Å². The molecule has 1 fully saturated rings. The van der Waals surface area contributed by atoms with Gasteiger partial charge in [0.15, 0.2) is 0 Å². The Morgan fingerprint density at radius 1 is 1.14 bits per heavy atom. The zero-order chi connectivity index (χ0) is 19.9. The predicted molar refractivity (Wildman–Crippen MR) is 107 cm³/mol. The van der Waals surface area contributed by atoms with Crippen molar-refractivity contribution in [2.75, 3.05) is 18.4 Å². The minimum atomic E-state index is -0.326. The lowest BCUT2D eigenvalue weighted by molar-refractivity contribution is -0.129. The molecule has 1 heterocycles. The van der Waals surface area contributed by atoms with Crippen molar-refractivity contribution >= 4 is 17.5 Å². The molecule has 0 aromatic heterocycles. The molecule has 5 nitrogen and oxygen atoms in total. The molecular weight excluding hydrogens is 357 g/mol. The molecule has 1 aliphatic heterocycles. The van der Waals surface area contributed by atoms with Crippen molar-refractivity contribution in [3.05, 3.63) is 66.0 Å². The molecule has 3 rings (SSSR count). The third-order valence-corrected chi connectivity index (χ3v) is 5.17. The van der Waals surface area contributed by atoms with E-state index in [1.807, 2.05) is 37.3 Å². The van der Waals surface area contributed by atoms with Gasteiger partial charge in [0.2, 0.25) is 11.8 Å². The summed E-state index contributed by atoms with van der Waals surface area (Å²) in [5.74, 6) is -0.527. The summed E-state index contributed by atoms with van der Waals surface area (Å²) in [6.45, 7) is 3.57. The van der Waals surface area contributed by atoms with E-state index in [1.54, 1.807) is 12.1 Å². The van der Waals surface area contributed by atoms with E-state index in [2.05, 4.69) is 15.5 Å².